The van der Waals surface area contributed by atoms with Gasteiger partial charge in [-0.3, -0.25) is 4.79 Å². The lowest BCUT2D eigenvalue weighted by atomic mass is 9.73. The molecule has 1 amide bonds. The highest BCUT2D eigenvalue weighted by Crippen LogP contribution is 2.45. The predicted octanol–water partition coefficient (Wildman–Crippen LogP) is 4.11. The molecule has 146 valence electrons. The molecule has 0 spiro atoms. The van der Waals surface area contributed by atoms with Gasteiger partial charge in [-0.25, -0.2) is 0 Å². The fraction of sp³-hybridized carbons (Fsp3) is 0.458. The zero-order valence-corrected chi connectivity index (χ0v) is 16.3. The van der Waals surface area contributed by atoms with Crippen LogP contribution < -0.4 is 16.0 Å². The lowest BCUT2D eigenvalue weighted by molar-refractivity contribution is -0.118. The molecule has 5 rings (SSSR count). The summed E-state index contributed by atoms with van der Waals surface area (Å²) >= 11 is 0. The highest BCUT2D eigenvalue weighted by molar-refractivity contribution is 6.03. The van der Waals surface area contributed by atoms with Gasteiger partial charge in [0.2, 0.25) is 5.91 Å². The van der Waals surface area contributed by atoms with E-state index < -0.39 is 0 Å². The minimum atomic E-state index is 0.0668. The van der Waals surface area contributed by atoms with Crippen LogP contribution in [0, 0.1) is 5.92 Å². The molecule has 1 aliphatic carbocycles. The van der Waals surface area contributed by atoms with Crippen LogP contribution in [0.15, 0.2) is 48.5 Å². The average molecular weight is 376 g/mol. The highest BCUT2D eigenvalue weighted by atomic mass is 16.2. The zero-order chi connectivity index (χ0) is 18.9. The van der Waals surface area contributed by atoms with Gasteiger partial charge in [0.25, 0.3) is 0 Å². The summed E-state index contributed by atoms with van der Waals surface area (Å²) in [6.45, 7) is 1.92. The van der Waals surface area contributed by atoms with Gasteiger partial charge in [-0.05, 0) is 60.9 Å². The van der Waals surface area contributed by atoms with Crippen molar-refractivity contribution in [2.45, 2.75) is 56.7 Å². The van der Waals surface area contributed by atoms with Gasteiger partial charge in [0.05, 0.1) is 5.92 Å². The third-order valence-corrected chi connectivity index (χ3v) is 6.80. The second-order valence-corrected chi connectivity index (χ2v) is 8.55. The lowest BCUT2D eigenvalue weighted by Crippen LogP contribution is -2.45. The maximum atomic E-state index is 12.4. The van der Waals surface area contributed by atoms with E-state index >= 15 is 0 Å². The summed E-state index contributed by atoms with van der Waals surface area (Å²) in [7, 11) is 0. The number of carbonyl (C=O) groups is 1. The molecule has 3 atom stereocenters. The first-order chi connectivity index (χ1) is 13.8. The Hall–Kier alpha value is -2.17. The smallest absolute Gasteiger partial charge is 0.232 e. The number of piperidine rings is 1. The largest absolute Gasteiger partial charge is 0.325 e. The molecule has 4 nitrogen and oxygen atoms in total. The highest BCUT2D eigenvalue weighted by Gasteiger charge is 2.39. The van der Waals surface area contributed by atoms with Crippen molar-refractivity contribution in [1.82, 2.24) is 10.6 Å². The molecule has 2 aromatic rings. The Kier molecular flexibility index (Phi) is 4.91. The number of hydrogen-bond acceptors (Lipinski definition) is 3. The molecule has 3 unspecified atom stereocenters. The van der Waals surface area contributed by atoms with E-state index in [2.05, 4.69) is 64.5 Å². The molecule has 0 aromatic heterocycles. The number of nitrogens with one attached hydrogen (secondary N) is 3. The minimum absolute atomic E-state index is 0.0668. The number of amides is 1. The first-order valence-electron chi connectivity index (χ1n) is 10.7. The fourth-order valence-electron chi connectivity index (χ4n) is 5.05. The Morgan fingerprint density at radius 2 is 1.86 bits per heavy atom. The van der Waals surface area contributed by atoms with Crippen molar-refractivity contribution >= 4 is 11.6 Å². The quantitative estimate of drug-likeness (QED) is 0.737. The predicted molar refractivity (Wildman–Crippen MR) is 112 cm³/mol. The Bertz CT molecular complexity index is 846. The minimum Gasteiger partial charge on any atom is -0.325 e. The van der Waals surface area contributed by atoms with Crippen molar-refractivity contribution in [3.8, 4) is 0 Å². The van der Waals surface area contributed by atoms with Crippen molar-refractivity contribution in [2.75, 3.05) is 11.9 Å². The van der Waals surface area contributed by atoms with Gasteiger partial charge in [0, 0.05) is 24.3 Å². The number of anilines is 1. The monoisotopic (exact) mass is 375 g/mol. The first kappa shape index (κ1) is 17.9. The Labute approximate surface area is 167 Å². The summed E-state index contributed by atoms with van der Waals surface area (Å²) in [4.78, 5) is 12.4. The molecule has 1 saturated carbocycles. The van der Waals surface area contributed by atoms with Crippen LogP contribution in [0.4, 0.5) is 5.69 Å². The molecule has 28 heavy (non-hydrogen) atoms. The van der Waals surface area contributed by atoms with Crippen molar-refractivity contribution in [2.24, 2.45) is 5.92 Å². The van der Waals surface area contributed by atoms with Gasteiger partial charge < -0.3 is 16.0 Å². The summed E-state index contributed by atoms with van der Waals surface area (Å²) in [5, 5.41) is 10.6. The zero-order valence-electron chi connectivity index (χ0n) is 16.3. The molecule has 2 heterocycles. The third kappa shape index (κ3) is 3.36. The molecule has 2 aromatic carbocycles. The summed E-state index contributed by atoms with van der Waals surface area (Å²) in [5.41, 5.74) is 4.87. The van der Waals surface area contributed by atoms with Crippen molar-refractivity contribution in [3.63, 3.8) is 0 Å². The SMILES string of the molecule is O=C1Nc2ccc(CNC3CCCNC3c3ccccc3)cc2C1C1CCC1. The maximum Gasteiger partial charge on any atom is 0.232 e. The van der Waals surface area contributed by atoms with E-state index in [4.69, 9.17) is 0 Å². The normalized spacial score (nSPS) is 27.1. The molecule has 4 heteroatoms. The lowest BCUT2D eigenvalue weighted by Gasteiger charge is -2.34. The van der Waals surface area contributed by atoms with Gasteiger partial charge >= 0.3 is 0 Å². The summed E-state index contributed by atoms with van der Waals surface area (Å²) in [5.74, 6) is 0.803. The van der Waals surface area contributed by atoms with Gasteiger partial charge in [-0.1, -0.05) is 48.9 Å². The van der Waals surface area contributed by atoms with Gasteiger partial charge in [-0.2, -0.15) is 0 Å². The molecule has 3 N–H and O–H groups in total. The number of fused-ring (bicyclic) bond motifs is 1. The summed E-state index contributed by atoms with van der Waals surface area (Å²) < 4.78 is 0. The third-order valence-electron chi connectivity index (χ3n) is 6.80. The van der Waals surface area contributed by atoms with E-state index in [1.165, 1.54) is 48.8 Å². The van der Waals surface area contributed by atoms with Gasteiger partial charge in [0.15, 0.2) is 0 Å². The molecule has 0 radical (unpaired) electrons. The van der Waals surface area contributed by atoms with Crippen LogP contribution in [0.5, 0.6) is 0 Å². The van der Waals surface area contributed by atoms with Gasteiger partial charge in [-0.15, -0.1) is 0 Å². The van der Waals surface area contributed by atoms with Crippen LogP contribution in [0.3, 0.4) is 0 Å². The molecule has 2 aliphatic heterocycles. The number of hydrogen-bond donors (Lipinski definition) is 3. The van der Waals surface area contributed by atoms with Crippen molar-refractivity contribution in [3.05, 3.63) is 65.2 Å². The molecule has 1 saturated heterocycles. The molecule has 2 fully saturated rings. The topological polar surface area (TPSA) is 53.2 Å². The van der Waals surface area contributed by atoms with Crippen LogP contribution in [-0.4, -0.2) is 18.5 Å². The van der Waals surface area contributed by atoms with Crippen molar-refractivity contribution < 1.29 is 4.79 Å². The standard InChI is InChI=1S/C24H29N3O/c28-24-22(17-8-4-9-17)19-14-16(11-12-20(19)27-24)15-26-21-10-5-13-25-23(21)18-6-2-1-3-7-18/h1-3,6-7,11-12,14,17,21-23,25-26H,4-5,8-10,13,15H2,(H,27,28). The second-order valence-electron chi connectivity index (χ2n) is 8.55. The van der Waals surface area contributed by atoms with E-state index in [9.17, 15) is 4.79 Å². The van der Waals surface area contributed by atoms with E-state index in [-0.39, 0.29) is 11.8 Å². The summed E-state index contributed by atoms with van der Waals surface area (Å²) in [6.07, 6.45) is 6.02. The van der Waals surface area contributed by atoms with Crippen LogP contribution in [-0.2, 0) is 11.3 Å². The molecular formula is C24H29N3O. The first-order valence-corrected chi connectivity index (χ1v) is 10.7. The van der Waals surface area contributed by atoms with Crippen LogP contribution in [0.1, 0.15) is 60.8 Å². The average Bonchev–Trinajstić information content (AvgIpc) is 3.01. The van der Waals surface area contributed by atoms with Gasteiger partial charge in [0.1, 0.15) is 0 Å². The fourth-order valence-corrected chi connectivity index (χ4v) is 5.05. The number of benzene rings is 2. The second kappa shape index (κ2) is 7.69. The van der Waals surface area contributed by atoms with E-state index in [1.54, 1.807) is 0 Å². The Morgan fingerprint density at radius 1 is 1.00 bits per heavy atom. The summed E-state index contributed by atoms with van der Waals surface area (Å²) in [6, 6.07) is 18.0. The van der Waals surface area contributed by atoms with E-state index in [1.807, 2.05) is 0 Å². The molecular weight excluding hydrogens is 346 g/mol. The van der Waals surface area contributed by atoms with E-state index in [0.29, 0.717) is 18.0 Å². The number of carbonyl (C=O) groups excluding carboxylic acids is 1. The van der Waals surface area contributed by atoms with Crippen LogP contribution in [0.2, 0.25) is 0 Å². The molecule has 3 aliphatic rings. The Balaban J connectivity index is 1.30. The van der Waals surface area contributed by atoms with Crippen molar-refractivity contribution in [1.29, 1.82) is 0 Å². The van der Waals surface area contributed by atoms with Crippen LogP contribution in [0.25, 0.3) is 0 Å². The Morgan fingerprint density at radius 3 is 2.64 bits per heavy atom. The maximum absolute atomic E-state index is 12.4. The molecule has 0 bridgehead atoms. The van der Waals surface area contributed by atoms with Crippen LogP contribution >= 0.6 is 0 Å². The number of rotatable bonds is 5. The van der Waals surface area contributed by atoms with E-state index in [0.717, 1.165) is 18.8 Å².